The summed E-state index contributed by atoms with van der Waals surface area (Å²) >= 11 is 1.66. The van der Waals surface area contributed by atoms with Gasteiger partial charge in [0.15, 0.2) is 5.13 Å². The summed E-state index contributed by atoms with van der Waals surface area (Å²) in [6, 6.07) is 4.74. The number of nitrogens with zero attached hydrogens (tertiary/aromatic N) is 3. The Kier molecular flexibility index (Phi) is 5.54. The molecule has 2 amide bonds. The molecule has 2 aromatic rings. The third-order valence-electron chi connectivity index (χ3n) is 5.82. The molecule has 29 heavy (non-hydrogen) atoms. The molecule has 0 saturated carbocycles. The van der Waals surface area contributed by atoms with Gasteiger partial charge in [-0.2, -0.15) is 0 Å². The van der Waals surface area contributed by atoms with Crippen molar-refractivity contribution in [2.24, 2.45) is 5.92 Å². The molecule has 1 aliphatic carbocycles. The third-order valence-corrected chi connectivity index (χ3v) is 7.00. The van der Waals surface area contributed by atoms with E-state index in [0.29, 0.717) is 17.7 Å². The molecule has 0 bridgehead atoms. The van der Waals surface area contributed by atoms with Crippen LogP contribution in [0.5, 0.6) is 0 Å². The van der Waals surface area contributed by atoms with Crippen molar-refractivity contribution in [2.75, 3.05) is 36.4 Å². The van der Waals surface area contributed by atoms with Gasteiger partial charge >= 0.3 is 0 Å². The summed E-state index contributed by atoms with van der Waals surface area (Å²) in [5.74, 6) is -0.390. The Hall–Kier alpha value is -2.48. The quantitative estimate of drug-likeness (QED) is 0.835. The van der Waals surface area contributed by atoms with Crippen LogP contribution >= 0.6 is 11.3 Å². The Labute approximate surface area is 173 Å². The van der Waals surface area contributed by atoms with Gasteiger partial charge in [-0.15, -0.1) is 11.3 Å². The highest BCUT2D eigenvalue weighted by molar-refractivity contribution is 7.15. The fourth-order valence-corrected chi connectivity index (χ4v) is 5.15. The zero-order chi connectivity index (χ0) is 20.5. The molecule has 1 aromatic carbocycles. The maximum atomic E-state index is 13.7. The molecule has 1 atom stereocenters. The summed E-state index contributed by atoms with van der Waals surface area (Å²) in [6.45, 7) is 6.29. The number of piperazine rings is 1. The Morgan fingerprint density at radius 1 is 1.24 bits per heavy atom. The molecule has 1 aromatic heterocycles. The number of rotatable bonds is 3. The van der Waals surface area contributed by atoms with Crippen molar-refractivity contribution in [1.82, 2.24) is 9.88 Å². The van der Waals surface area contributed by atoms with Gasteiger partial charge in [-0.05, 0) is 38.3 Å². The lowest BCUT2D eigenvalue weighted by Gasteiger charge is -2.33. The van der Waals surface area contributed by atoms with E-state index in [1.165, 1.54) is 6.07 Å². The number of hydrogen-bond acceptors (Lipinski definition) is 5. The smallest absolute Gasteiger partial charge is 0.227 e. The summed E-state index contributed by atoms with van der Waals surface area (Å²) in [4.78, 5) is 34.3. The largest absolute Gasteiger partial charge is 0.345 e. The summed E-state index contributed by atoms with van der Waals surface area (Å²) < 4.78 is 13.7. The fourth-order valence-electron chi connectivity index (χ4n) is 3.91. The van der Waals surface area contributed by atoms with Crippen molar-refractivity contribution in [1.29, 1.82) is 0 Å². The lowest BCUT2D eigenvalue weighted by molar-refractivity contribution is -0.129. The van der Waals surface area contributed by atoms with Gasteiger partial charge in [0.2, 0.25) is 11.8 Å². The van der Waals surface area contributed by atoms with Crippen LogP contribution in [0.4, 0.5) is 15.2 Å². The van der Waals surface area contributed by atoms with Crippen molar-refractivity contribution >= 4 is 34.0 Å². The molecule has 2 aliphatic rings. The van der Waals surface area contributed by atoms with Crippen LogP contribution in [0, 0.1) is 18.7 Å². The van der Waals surface area contributed by atoms with Gasteiger partial charge in [0.1, 0.15) is 5.82 Å². The molecule has 4 rings (SSSR count). The van der Waals surface area contributed by atoms with Gasteiger partial charge in [-0.25, -0.2) is 9.37 Å². The van der Waals surface area contributed by atoms with Crippen molar-refractivity contribution in [3.63, 3.8) is 0 Å². The monoisotopic (exact) mass is 416 g/mol. The summed E-state index contributed by atoms with van der Waals surface area (Å²) in [7, 11) is 0. The third kappa shape index (κ3) is 4.12. The average Bonchev–Trinajstić information content (AvgIpc) is 3.15. The molecule has 0 radical (unpaired) electrons. The summed E-state index contributed by atoms with van der Waals surface area (Å²) in [5.41, 5.74) is 2.08. The van der Waals surface area contributed by atoms with E-state index in [9.17, 15) is 14.0 Å². The van der Waals surface area contributed by atoms with Gasteiger partial charge in [0.25, 0.3) is 0 Å². The zero-order valence-electron chi connectivity index (χ0n) is 16.7. The van der Waals surface area contributed by atoms with Gasteiger partial charge < -0.3 is 15.1 Å². The highest BCUT2D eigenvalue weighted by atomic mass is 32.1. The molecule has 154 valence electrons. The van der Waals surface area contributed by atoms with Crippen LogP contribution in [0.1, 0.15) is 29.5 Å². The number of hydrogen-bond donors (Lipinski definition) is 1. The Morgan fingerprint density at radius 2 is 2.00 bits per heavy atom. The SMILES string of the molecule is CC(=O)N1CCN(c2nc3c(s2)C[C@@H](C(=O)Nc2cccc(F)c2C)CC3)CC1. The van der Waals surface area contributed by atoms with Crippen LogP contribution in [0.25, 0.3) is 0 Å². The zero-order valence-corrected chi connectivity index (χ0v) is 17.5. The first kappa shape index (κ1) is 19.8. The Bertz CT molecular complexity index is 937. The molecule has 8 heteroatoms. The van der Waals surface area contributed by atoms with Crippen molar-refractivity contribution < 1.29 is 14.0 Å². The van der Waals surface area contributed by atoms with Gasteiger partial charge in [-0.1, -0.05) is 6.07 Å². The van der Waals surface area contributed by atoms with Gasteiger partial charge in [0, 0.05) is 55.1 Å². The number of halogens is 1. The molecule has 0 unspecified atom stereocenters. The van der Waals surface area contributed by atoms with E-state index in [1.807, 2.05) is 4.90 Å². The molecule has 1 saturated heterocycles. The topological polar surface area (TPSA) is 65.5 Å². The first-order valence-electron chi connectivity index (χ1n) is 9.97. The van der Waals surface area contributed by atoms with Crippen molar-refractivity contribution in [3.05, 3.63) is 40.2 Å². The second kappa shape index (κ2) is 8.10. The molecule has 6 nitrogen and oxygen atoms in total. The van der Waals surface area contributed by atoms with E-state index >= 15 is 0 Å². The maximum Gasteiger partial charge on any atom is 0.227 e. The lowest BCUT2D eigenvalue weighted by Crippen LogP contribution is -2.48. The number of benzene rings is 1. The van der Waals surface area contributed by atoms with Gasteiger partial charge in [-0.3, -0.25) is 9.59 Å². The van der Waals surface area contributed by atoms with E-state index < -0.39 is 0 Å². The lowest BCUT2D eigenvalue weighted by atomic mass is 9.90. The number of carbonyl (C=O) groups excluding carboxylic acids is 2. The van der Waals surface area contributed by atoms with E-state index in [0.717, 1.165) is 54.7 Å². The van der Waals surface area contributed by atoms with Crippen LogP contribution in [0.3, 0.4) is 0 Å². The summed E-state index contributed by atoms with van der Waals surface area (Å²) in [5, 5.41) is 3.88. The number of aromatic nitrogens is 1. The van der Waals surface area contributed by atoms with E-state index in [2.05, 4.69) is 10.2 Å². The van der Waals surface area contributed by atoms with Crippen molar-refractivity contribution in [3.8, 4) is 0 Å². The number of carbonyl (C=O) groups is 2. The Balaban J connectivity index is 1.41. The second-order valence-electron chi connectivity index (χ2n) is 7.70. The normalized spacial score (nSPS) is 19.1. The molecular formula is C21H25FN4O2S. The minimum Gasteiger partial charge on any atom is -0.345 e. The maximum absolute atomic E-state index is 13.7. The second-order valence-corrected chi connectivity index (χ2v) is 8.76. The highest BCUT2D eigenvalue weighted by Gasteiger charge is 2.29. The minimum atomic E-state index is -0.314. The fraction of sp³-hybridized carbons (Fsp3) is 0.476. The predicted octanol–water partition coefficient (Wildman–Crippen LogP) is 3.00. The van der Waals surface area contributed by atoms with Crippen LogP contribution in [-0.4, -0.2) is 47.9 Å². The number of fused-ring (bicyclic) bond motifs is 1. The number of nitrogens with one attached hydrogen (secondary N) is 1. The highest BCUT2D eigenvalue weighted by Crippen LogP contribution is 2.35. The van der Waals surface area contributed by atoms with Crippen LogP contribution in [0.2, 0.25) is 0 Å². The first-order chi connectivity index (χ1) is 13.9. The first-order valence-corrected chi connectivity index (χ1v) is 10.8. The number of thiazole rings is 1. The molecule has 0 spiro atoms. The molecular weight excluding hydrogens is 391 g/mol. The van der Waals surface area contributed by atoms with E-state index in [-0.39, 0.29) is 23.5 Å². The molecule has 2 heterocycles. The molecule has 1 fully saturated rings. The van der Waals surface area contributed by atoms with Gasteiger partial charge in [0.05, 0.1) is 5.69 Å². The Morgan fingerprint density at radius 3 is 2.72 bits per heavy atom. The van der Waals surface area contributed by atoms with Crippen LogP contribution < -0.4 is 10.2 Å². The van der Waals surface area contributed by atoms with E-state index in [4.69, 9.17) is 4.98 Å². The standard InChI is InChI=1S/C21H25FN4O2S/c1-13-16(22)4-3-5-17(13)23-20(28)15-6-7-18-19(12-15)29-21(24-18)26-10-8-25(9-11-26)14(2)27/h3-5,15H,6-12H2,1-2H3,(H,23,28)/t15-/m0/s1. The average molecular weight is 417 g/mol. The number of amides is 2. The van der Waals surface area contributed by atoms with E-state index in [1.54, 1.807) is 37.3 Å². The predicted molar refractivity (Wildman–Crippen MR) is 112 cm³/mol. The summed E-state index contributed by atoms with van der Waals surface area (Å²) in [6.07, 6.45) is 2.19. The van der Waals surface area contributed by atoms with Crippen LogP contribution in [0.15, 0.2) is 18.2 Å². The van der Waals surface area contributed by atoms with Crippen LogP contribution in [-0.2, 0) is 22.4 Å². The molecule has 1 N–H and O–H groups in total. The number of anilines is 2. The number of aryl methyl sites for hydroxylation is 1. The molecule has 1 aliphatic heterocycles. The van der Waals surface area contributed by atoms with Crippen molar-refractivity contribution in [2.45, 2.75) is 33.1 Å². The minimum absolute atomic E-state index is 0.0608.